The molecule has 1 aromatic rings. The Balaban J connectivity index is 2.36. The Morgan fingerprint density at radius 3 is 2.68 bits per heavy atom. The van der Waals surface area contributed by atoms with Crippen molar-refractivity contribution >= 4 is 11.6 Å². The first-order chi connectivity index (χ1) is 9.02. The van der Waals surface area contributed by atoms with Gasteiger partial charge < -0.3 is 10.0 Å². The highest BCUT2D eigenvalue weighted by atomic mass is 16.3. The lowest BCUT2D eigenvalue weighted by molar-refractivity contribution is -0.123. The topological polar surface area (TPSA) is 40.5 Å². The maximum atomic E-state index is 12.6. The van der Waals surface area contributed by atoms with Gasteiger partial charge in [-0.3, -0.25) is 4.79 Å². The number of nitrogens with zero attached hydrogens (tertiary/aromatic N) is 1. The summed E-state index contributed by atoms with van der Waals surface area (Å²) in [5, 5.41) is 10.2. The van der Waals surface area contributed by atoms with Crippen LogP contribution in [0.3, 0.4) is 0 Å². The van der Waals surface area contributed by atoms with E-state index in [1.807, 2.05) is 36.1 Å². The third-order valence-corrected chi connectivity index (χ3v) is 4.10. The molecule has 2 unspecified atom stereocenters. The number of anilines is 1. The second kappa shape index (κ2) is 5.74. The van der Waals surface area contributed by atoms with Crippen LogP contribution in [-0.2, 0) is 4.79 Å². The van der Waals surface area contributed by atoms with Gasteiger partial charge >= 0.3 is 0 Å². The molecule has 0 spiro atoms. The van der Waals surface area contributed by atoms with Crippen molar-refractivity contribution in [2.45, 2.75) is 39.7 Å². The predicted octanol–water partition coefficient (Wildman–Crippen LogP) is 3.14. The van der Waals surface area contributed by atoms with Gasteiger partial charge in [0.05, 0.1) is 6.10 Å². The van der Waals surface area contributed by atoms with E-state index < -0.39 is 6.10 Å². The van der Waals surface area contributed by atoms with Crippen LogP contribution in [-0.4, -0.2) is 17.6 Å². The minimum absolute atomic E-state index is 0.00305. The Labute approximate surface area is 115 Å². The second-order valence-corrected chi connectivity index (χ2v) is 5.74. The van der Waals surface area contributed by atoms with Gasteiger partial charge in [-0.1, -0.05) is 39.0 Å². The number of para-hydroxylation sites is 1. The first-order valence-corrected chi connectivity index (χ1v) is 7.10. The van der Waals surface area contributed by atoms with E-state index in [4.69, 9.17) is 0 Å². The molecule has 0 fully saturated rings. The second-order valence-electron chi connectivity index (χ2n) is 5.74. The van der Waals surface area contributed by atoms with Crippen molar-refractivity contribution in [2.75, 3.05) is 11.4 Å². The van der Waals surface area contributed by atoms with E-state index in [9.17, 15) is 9.90 Å². The van der Waals surface area contributed by atoms with Crippen molar-refractivity contribution in [1.29, 1.82) is 0 Å². The van der Waals surface area contributed by atoms with Crippen LogP contribution in [0.5, 0.6) is 0 Å². The molecule has 2 atom stereocenters. The molecular formula is C16H23NO2. The number of benzene rings is 1. The number of carbonyl (C=O) groups is 1. The number of amides is 1. The molecule has 2 rings (SSSR count). The SMILES string of the molecule is CC(C)C(C)C(=O)N1CCCC(O)c2ccccc21. The maximum absolute atomic E-state index is 12.6. The first-order valence-electron chi connectivity index (χ1n) is 7.10. The zero-order valence-electron chi connectivity index (χ0n) is 12.0. The van der Waals surface area contributed by atoms with Crippen LogP contribution >= 0.6 is 0 Å². The standard InChI is InChI=1S/C16H23NO2/c1-11(2)12(3)16(19)17-10-6-9-15(18)13-7-4-5-8-14(13)17/h4-5,7-8,11-12,15,18H,6,9-10H2,1-3H3. The lowest BCUT2D eigenvalue weighted by atomic mass is 9.96. The molecule has 3 heteroatoms. The van der Waals surface area contributed by atoms with E-state index in [2.05, 4.69) is 13.8 Å². The number of fused-ring (bicyclic) bond motifs is 1. The summed E-state index contributed by atoms with van der Waals surface area (Å²) in [6.07, 6.45) is 1.10. The molecule has 1 aromatic carbocycles. The zero-order chi connectivity index (χ0) is 14.0. The van der Waals surface area contributed by atoms with Crippen LogP contribution in [0.4, 0.5) is 5.69 Å². The highest BCUT2D eigenvalue weighted by Gasteiger charge is 2.28. The van der Waals surface area contributed by atoms with Crippen molar-refractivity contribution < 1.29 is 9.90 Å². The van der Waals surface area contributed by atoms with E-state index in [-0.39, 0.29) is 11.8 Å². The normalized spacial score (nSPS) is 20.9. The molecule has 104 valence electrons. The summed E-state index contributed by atoms with van der Waals surface area (Å²) in [6.45, 7) is 6.82. The number of hydrogen-bond donors (Lipinski definition) is 1. The van der Waals surface area contributed by atoms with Crippen LogP contribution in [0.1, 0.15) is 45.3 Å². The first kappa shape index (κ1) is 14.1. The summed E-state index contributed by atoms with van der Waals surface area (Å²) in [5.74, 6) is 0.493. The number of hydrogen-bond acceptors (Lipinski definition) is 2. The summed E-state index contributed by atoms with van der Waals surface area (Å²) in [6, 6.07) is 7.71. The number of rotatable bonds is 2. The summed E-state index contributed by atoms with van der Waals surface area (Å²) in [4.78, 5) is 14.5. The third kappa shape index (κ3) is 2.81. The van der Waals surface area contributed by atoms with E-state index in [0.717, 1.165) is 24.1 Å². The minimum Gasteiger partial charge on any atom is -0.388 e. The van der Waals surface area contributed by atoms with Gasteiger partial charge in [0.2, 0.25) is 5.91 Å². The summed E-state index contributed by atoms with van der Waals surface area (Å²) in [7, 11) is 0. The van der Waals surface area contributed by atoms with Crippen LogP contribution in [0.15, 0.2) is 24.3 Å². The highest BCUT2D eigenvalue weighted by Crippen LogP contribution is 2.33. The van der Waals surface area contributed by atoms with Crippen LogP contribution in [0.25, 0.3) is 0 Å². The van der Waals surface area contributed by atoms with Gasteiger partial charge in [0.15, 0.2) is 0 Å². The van der Waals surface area contributed by atoms with E-state index in [1.165, 1.54) is 0 Å². The van der Waals surface area contributed by atoms with Crippen LogP contribution in [0.2, 0.25) is 0 Å². The van der Waals surface area contributed by atoms with E-state index in [1.54, 1.807) is 0 Å². The molecule has 0 saturated heterocycles. The average molecular weight is 261 g/mol. The fourth-order valence-corrected chi connectivity index (χ4v) is 2.49. The molecule has 1 aliphatic rings. The smallest absolute Gasteiger partial charge is 0.230 e. The quantitative estimate of drug-likeness (QED) is 0.888. The number of aliphatic hydroxyl groups is 1. The van der Waals surface area contributed by atoms with Crippen molar-refractivity contribution in [3.8, 4) is 0 Å². The van der Waals surface area contributed by atoms with Gasteiger partial charge in [0.1, 0.15) is 0 Å². The fraction of sp³-hybridized carbons (Fsp3) is 0.562. The third-order valence-electron chi connectivity index (χ3n) is 4.10. The Kier molecular flexibility index (Phi) is 4.25. The maximum Gasteiger partial charge on any atom is 0.230 e. The molecule has 1 N–H and O–H groups in total. The molecule has 0 aromatic heterocycles. The Morgan fingerprint density at radius 2 is 2.00 bits per heavy atom. The molecule has 19 heavy (non-hydrogen) atoms. The number of aliphatic hydroxyl groups excluding tert-OH is 1. The van der Waals surface area contributed by atoms with E-state index >= 15 is 0 Å². The van der Waals surface area contributed by atoms with Crippen molar-refractivity contribution in [1.82, 2.24) is 0 Å². The Hall–Kier alpha value is -1.35. The Morgan fingerprint density at radius 1 is 1.32 bits per heavy atom. The molecule has 3 nitrogen and oxygen atoms in total. The average Bonchev–Trinajstić information content (AvgIpc) is 2.57. The fourth-order valence-electron chi connectivity index (χ4n) is 2.49. The molecule has 0 aliphatic carbocycles. The zero-order valence-corrected chi connectivity index (χ0v) is 12.0. The molecule has 0 radical (unpaired) electrons. The van der Waals surface area contributed by atoms with Crippen molar-refractivity contribution in [3.63, 3.8) is 0 Å². The van der Waals surface area contributed by atoms with Gasteiger partial charge in [-0.05, 0) is 24.8 Å². The van der Waals surface area contributed by atoms with E-state index in [0.29, 0.717) is 12.5 Å². The van der Waals surface area contributed by atoms with Crippen LogP contribution in [0, 0.1) is 11.8 Å². The lowest BCUT2D eigenvalue weighted by Crippen LogP contribution is -2.37. The lowest BCUT2D eigenvalue weighted by Gasteiger charge is -2.27. The summed E-state index contributed by atoms with van der Waals surface area (Å²) in [5.41, 5.74) is 1.76. The summed E-state index contributed by atoms with van der Waals surface area (Å²) >= 11 is 0. The monoisotopic (exact) mass is 261 g/mol. The Bertz CT molecular complexity index is 456. The molecule has 0 saturated carbocycles. The van der Waals surface area contributed by atoms with Crippen molar-refractivity contribution in [3.05, 3.63) is 29.8 Å². The molecule has 1 heterocycles. The van der Waals surface area contributed by atoms with Crippen LogP contribution < -0.4 is 4.90 Å². The predicted molar refractivity (Wildman–Crippen MR) is 77.0 cm³/mol. The van der Waals surface area contributed by atoms with Gasteiger partial charge in [-0.2, -0.15) is 0 Å². The van der Waals surface area contributed by atoms with Gasteiger partial charge in [-0.25, -0.2) is 0 Å². The summed E-state index contributed by atoms with van der Waals surface area (Å²) < 4.78 is 0. The minimum atomic E-state index is -0.455. The number of carbonyl (C=O) groups excluding carboxylic acids is 1. The van der Waals surface area contributed by atoms with Gasteiger partial charge in [-0.15, -0.1) is 0 Å². The van der Waals surface area contributed by atoms with Gasteiger partial charge in [0, 0.05) is 23.7 Å². The molecular weight excluding hydrogens is 238 g/mol. The molecule has 1 amide bonds. The molecule has 1 aliphatic heterocycles. The largest absolute Gasteiger partial charge is 0.388 e. The van der Waals surface area contributed by atoms with Gasteiger partial charge in [0.25, 0.3) is 0 Å². The molecule has 0 bridgehead atoms. The highest BCUT2D eigenvalue weighted by molar-refractivity contribution is 5.95. The van der Waals surface area contributed by atoms with Crippen molar-refractivity contribution in [2.24, 2.45) is 11.8 Å².